The van der Waals surface area contributed by atoms with Crippen molar-refractivity contribution in [1.29, 1.82) is 5.41 Å². The summed E-state index contributed by atoms with van der Waals surface area (Å²) >= 11 is 1.39. The van der Waals surface area contributed by atoms with Gasteiger partial charge in [0.25, 0.3) is 0 Å². The smallest absolute Gasteiger partial charge is 0.246 e. The minimum absolute atomic E-state index is 0.00633. The molecule has 0 saturated heterocycles. The van der Waals surface area contributed by atoms with E-state index in [1.54, 1.807) is 11.9 Å². The molecular formula is C38H36F2N6O4S. The maximum Gasteiger partial charge on any atom is 0.246 e. The number of nitrogens with zero attached hydrogens (tertiary/aromatic N) is 4. The fraction of sp³-hybridized carbons (Fsp3) is 0.263. The van der Waals surface area contributed by atoms with Crippen LogP contribution in [0.15, 0.2) is 66.6 Å². The van der Waals surface area contributed by atoms with Crippen LogP contribution in [0.1, 0.15) is 30.6 Å². The number of anilines is 1. The van der Waals surface area contributed by atoms with E-state index in [1.165, 1.54) is 29.7 Å². The third-order valence-electron chi connectivity index (χ3n) is 9.08. The Hall–Kier alpha value is -5.40. The molecule has 262 valence electrons. The zero-order valence-electron chi connectivity index (χ0n) is 28.2. The molecule has 2 aliphatic rings. The number of fused-ring (bicyclic) bond motifs is 5. The molecule has 2 aliphatic heterocycles. The third kappa shape index (κ3) is 6.38. The monoisotopic (exact) mass is 710 g/mol. The van der Waals surface area contributed by atoms with Gasteiger partial charge in [-0.05, 0) is 43.0 Å². The number of ether oxygens (including phenoxy) is 3. The lowest BCUT2D eigenvalue weighted by Crippen LogP contribution is -2.40. The Bertz CT molecular complexity index is 2190. The number of amides is 1. The topological polar surface area (TPSA) is 115 Å². The number of aromatic nitrogens is 3. The number of thiophene rings is 1. The number of halogens is 2. The van der Waals surface area contributed by atoms with Crippen molar-refractivity contribution in [3.05, 3.63) is 89.5 Å². The van der Waals surface area contributed by atoms with Crippen molar-refractivity contribution in [2.75, 3.05) is 45.3 Å². The van der Waals surface area contributed by atoms with E-state index in [0.717, 1.165) is 11.8 Å². The summed E-state index contributed by atoms with van der Waals surface area (Å²) < 4.78 is 51.8. The molecule has 1 atom stereocenters. The van der Waals surface area contributed by atoms with Crippen LogP contribution in [-0.2, 0) is 16.1 Å². The van der Waals surface area contributed by atoms with Crippen molar-refractivity contribution in [2.45, 2.75) is 25.9 Å². The summed E-state index contributed by atoms with van der Waals surface area (Å²) in [4.78, 5) is 19.7. The molecule has 51 heavy (non-hydrogen) atoms. The first-order chi connectivity index (χ1) is 24.8. The first-order valence-corrected chi connectivity index (χ1v) is 17.5. The number of carbonyl (C=O) groups excluding carboxylic acids is 1. The maximum atomic E-state index is 16.3. The van der Waals surface area contributed by atoms with E-state index in [4.69, 9.17) is 29.7 Å². The third-order valence-corrected chi connectivity index (χ3v) is 10.0. The maximum absolute atomic E-state index is 16.3. The summed E-state index contributed by atoms with van der Waals surface area (Å²) in [6.07, 6.45) is 7.02. The number of rotatable bonds is 4. The average molecular weight is 711 g/mol. The van der Waals surface area contributed by atoms with Gasteiger partial charge in [0.2, 0.25) is 5.91 Å². The van der Waals surface area contributed by atoms with E-state index in [9.17, 15) is 9.18 Å². The zero-order valence-corrected chi connectivity index (χ0v) is 29.0. The van der Waals surface area contributed by atoms with Gasteiger partial charge in [0.15, 0.2) is 0 Å². The predicted molar refractivity (Wildman–Crippen MR) is 195 cm³/mol. The molecular weight excluding hydrogens is 675 g/mol. The van der Waals surface area contributed by atoms with Crippen LogP contribution in [0.2, 0.25) is 0 Å². The molecule has 1 unspecified atom stereocenters. The number of benzene rings is 2. The summed E-state index contributed by atoms with van der Waals surface area (Å²) in [5.41, 5.74) is 4.49. The molecule has 2 N–H and O–H groups in total. The van der Waals surface area contributed by atoms with Gasteiger partial charge < -0.3 is 29.8 Å². The summed E-state index contributed by atoms with van der Waals surface area (Å²) in [7, 11) is 1.78. The fourth-order valence-electron chi connectivity index (χ4n) is 6.61. The largest absolute Gasteiger partial charge is 0.492 e. The van der Waals surface area contributed by atoms with E-state index in [2.05, 4.69) is 11.9 Å². The van der Waals surface area contributed by atoms with Crippen LogP contribution >= 0.6 is 11.3 Å². The standard InChI is InChI=1S/C38H36F2N6O4S/c1-4-33(47)45-9-10-46-30(22(45)2)19-29(44-46)37-35-34-27(40)17-24(39)18-32(34)50-14-13-48-11-6-5-7-12-49-31-20-28(42-3)23(21-41)16-26(31)36(43-37)25-8-15-51-38(25)35/h4-6,8,15-22,41-42H,1,7,9-14H2,2-3H3/b6-5+,41-21?. The van der Waals surface area contributed by atoms with Crippen LogP contribution in [0.25, 0.3) is 43.9 Å². The van der Waals surface area contributed by atoms with Crippen molar-refractivity contribution in [3.63, 3.8) is 0 Å². The van der Waals surface area contributed by atoms with Gasteiger partial charge in [-0.1, -0.05) is 18.7 Å². The highest BCUT2D eigenvalue weighted by molar-refractivity contribution is 7.18. The van der Waals surface area contributed by atoms with Crippen LogP contribution in [0.4, 0.5) is 14.5 Å². The van der Waals surface area contributed by atoms with Crippen molar-refractivity contribution in [3.8, 4) is 45.3 Å². The quantitative estimate of drug-likeness (QED) is 0.112. The van der Waals surface area contributed by atoms with Crippen LogP contribution in [-0.4, -0.2) is 71.8 Å². The van der Waals surface area contributed by atoms with Crippen LogP contribution in [0, 0.1) is 17.0 Å². The Morgan fingerprint density at radius 1 is 1.06 bits per heavy atom. The number of pyridine rings is 1. The Morgan fingerprint density at radius 3 is 2.71 bits per heavy atom. The van der Waals surface area contributed by atoms with Crippen LogP contribution in [0.5, 0.6) is 11.5 Å². The second kappa shape index (κ2) is 14.4. The van der Waals surface area contributed by atoms with Crippen molar-refractivity contribution >= 4 is 39.2 Å². The molecule has 0 fully saturated rings. The molecule has 0 aliphatic carbocycles. The number of hydrogen-bond donors (Lipinski definition) is 2. The molecule has 5 aromatic rings. The summed E-state index contributed by atoms with van der Waals surface area (Å²) in [5.74, 6) is -1.24. The van der Waals surface area contributed by atoms with Crippen molar-refractivity contribution < 1.29 is 27.8 Å². The lowest BCUT2D eigenvalue weighted by atomic mass is 9.95. The highest BCUT2D eigenvalue weighted by Gasteiger charge is 2.32. The molecule has 0 saturated carbocycles. The Kier molecular flexibility index (Phi) is 9.65. The van der Waals surface area contributed by atoms with Crippen LogP contribution < -0.4 is 14.8 Å². The van der Waals surface area contributed by atoms with E-state index in [-0.39, 0.29) is 36.5 Å². The number of nitrogens with one attached hydrogen (secondary N) is 2. The zero-order chi connectivity index (χ0) is 35.6. The van der Waals surface area contributed by atoms with Gasteiger partial charge in [0.05, 0.1) is 49.4 Å². The van der Waals surface area contributed by atoms with Crippen molar-refractivity contribution in [1.82, 2.24) is 19.7 Å². The Labute approximate surface area is 297 Å². The van der Waals surface area contributed by atoms with Gasteiger partial charge in [-0.15, -0.1) is 11.3 Å². The van der Waals surface area contributed by atoms with Crippen molar-refractivity contribution in [2.24, 2.45) is 0 Å². The molecule has 2 bridgehead atoms. The van der Waals surface area contributed by atoms with Gasteiger partial charge in [-0.2, -0.15) is 5.10 Å². The molecule has 1 amide bonds. The summed E-state index contributed by atoms with van der Waals surface area (Å²) in [6, 6.07) is 9.16. The fourth-order valence-corrected chi connectivity index (χ4v) is 7.56. The minimum atomic E-state index is -0.817. The van der Waals surface area contributed by atoms with E-state index >= 15 is 4.39 Å². The second-order valence-electron chi connectivity index (χ2n) is 12.1. The van der Waals surface area contributed by atoms with Gasteiger partial charge >= 0.3 is 0 Å². The molecule has 7 rings (SSSR count). The molecule has 5 heterocycles. The highest BCUT2D eigenvalue weighted by atomic mass is 32.1. The average Bonchev–Trinajstić information content (AvgIpc) is 3.80. The summed E-state index contributed by atoms with van der Waals surface area (Å²) in [6.45, 7) is 7.39. The van der Waals surface area contributed by atoms with E-state index in [0.29, 0.717) is 88.0 Å². The lowest BCUT2D eigenvalue weighted by Gasteiger charge is -2.33. The first-order valence-electron chi connectivity index (χ1n) is 16.6. The van der Waals surface area contributed by atoms with Gasteiger partial charge in [0.1, 0.15) is 41.1 Å². The molecule has 0 spiro atoms. The Balaban J connectivity index is 1.54. The molecule has 13 heteroatoms. The SMILES string of the molecule is C=CC(=O)N1CCn2nc(-c3nc4c5ccsc5c3-c3c(F)cc(F)cc3OCCOC/C=C/CCOc3cc(NC)c(C=N)cc3-4)cc2C1C. The van der Waals surface area contributed by atoms with Gasteiger partial charge in [0, 0.05) is 70.5 Å². The molecule has 2 aromatic carbocycles. The number of carbonyl (C=O) groups is 1. The van der Waals surface area contributed by atoms with Gasteiger partial charge in [-0.25, -0.2) is 13.8 Å². The molecule has 0 radical (unpaired) electrons. The number of hydrogen-bond acceptors (Lipinski definition) is 9. The molecule has 10 nitrogen and oxygen atoms in total. The lowest BCUT2D eigenvalue weighted by molar-refractivity contribution is -0.129. The predicted octanol–water partition coefficient (Wildman–Crippen LogP) is 7.63. The highest BCUT2D eigenvalue weighted by Crippen LogP contribution is 2.49. The van der Waals surface area contributed by atoms with Crippen LogP contribution in [0.3, 0.4) is 0 Å². The summed E-state index contributed by atoms with van der Waals surface area (Å²) in [5, 5.41) is 18.9. The van der Waals surface area contributed by atoms with E-state index in [1.807, 2.05) is 53.4 Å². The first kappa shape index (κ1) is 34.1. The van der Waals surface area contributed by atoms with E-state index < -0.39 is 11.6 Å². The minimum Gasteiger partial charge on any atom is -0.492 e. The second-order valence-corrected chi connectivity index (χ2v) is 13.0. The molecule has 3 aromatic heterocycles. The Morgan fingerprint density at radius 2 is 1.90 bits per heavy atom. The normalized spacial score (nSPS) is 16.9. The van der Waals surface area contributed by atoms with Gasteiger partial charge in [-0.3, -0.25) is 9.48 Å².